The SMILES string of the molecule is Cn1ncc(NCC2(c3ccc(F)cc3)CC2)c(Br)c1=O. The second-order valence-electron chi connectivity index (χ2n) is 5.44. The molecule has 4 nitrogen and oxygen atoms in total. The number of benzene rings is 1. The van der Waals surface area contributed by atoms with Crippen LogP contribution < -0.4 is 10.9 Å². The van der Waals surface area contributed by atoms with Gasteiger partial charge in [-0.15, -0.1) is 0 Å². The Balaban J connectivity index is 1.77. The molecule has 0 aliphatic heterocycles. The van der Waals surface area contributed by atoms with Gasteiger partial charge in [0.2, 0.25) is 0 Å². The zero-order valence-electron chi connectivity index (χ0n) is 11.6. The van der Waals surface area contributed by atoms with E-state index in [4.69, 9.17) is 0 Å². The van der Waals surface area contributed by atoms with Crippen LogP contribution in [0.25, 0.3) is 0 Å². The third kappa shape index (κ3) is 2.72. The monoisotopic (exact) mass is 351 g/mol. The number of nitrogens with one attached hydrogen (secondary N) is 1. The fourth-order valence-corrected chi connectivity index (χ4v) is 2.92. The minimum Gasteiger partial charge on any atom is -0.382 e. The molecule has 1 aromatic carbocycles. The van der Waals surface area contributed by atoms with Crippen molar-refractivity contribution in [2.24, 2.45) is 7.05 Å². The smallest absolute Gasteiger partial charge is 0.282 e. The molecule has 1 heterocycles. The third-order valence-corrected chi connectivity index (χ3v) is 4.77. The lowest BCUT2D eigenvalue weighted by atomic mass is 9.96. The first-order valence-corrected chi connectivity index (χ1v) is 7.53. The van der Waals surface area contributed by atoms with E-state index in [1.165, 1.54) is 16.8 Å². The highest BCUT2D eigenvalue weighted by molar-refractivity contribution is 9.10. The molecular formula is C15H15BrFN3O. The van der Waals surface area contributed by atoms with Crippen LogP contribution in [-0.2, 0) is 12.5 Å². The van der Waals surface area contributed by atoms with Crippen molar-refractivity contribution in [3.8, 4) is 0 Å². The van der Waals surface area contributed by atoms with E-state index in [-0.39, 0.29) is 16.8 Å². The fraction of sp³-hybridized carbons (Fsp3) is 0.333. The Hall–Kier alpha value is -1.69. The lowest BCUT2D eigenvalue weighted by Crippen LogP contribution is -2.24. The number of rotatable bonds is 4. The molecule has 6 heteroatoms. The van der Waals surface area contributed by atoms with Crippen LogP contribution in [0.1, 0.15) is 18.4 Å². The summed E-state index contributed by atoms with van der Waals surface area (Å²) in [7, 11) is 1.61. The Morgan fingerprint density at radius 1 is 1.38 bits per heavy atom. The summed E-state index contributed by atoms with van der Waals surface area (Å²) in [4.78, 5) is 11.8. The molecule has 0 bridgehead atoms. The predicted molar refractivity (Wildman–Crippen MR) is 83.0 cm³/mol. The minimum absolute atomic E-state index is 0.0359. The van der Waals surface area contributed by atoms with E-state index in [0.717, 1.165) is 18.4 Å². The maximum Gasteiger partial charge on any atom is 0.282 e. The van der Waals surface area contributed by atoms with Gasteiger partial charge in [0.25, 0.3) is 5.56 Å². The highest BCUT2D eigenvalue weighted by Gasteiger charge is 2.44. The summed E-state index contributed by atoms with van der Waals surface area (Å²) in [5, 5.41) is 7.29. The van der Waals surface area contributed by atoms with Crippen LogP contribution in [0.2, 0.25) is 0 Å². The second kappa shape index (κ2) is 5.26. The zero-order valence-corrected chi connectivity index (χ0v) is 13.2. The summed E-state index contributed by atoms with van der Waals surface area (Å²) in [5.74, 6) is -0.221. The Kier molecular flexibility index (Phi) is 3.57. The van der Waals surface area contributed by atoms with Crippen LogP contribution in [0.15, 0.2) is 39.7 Å². The average Bonchev–Trinajstić information content (AvgIpc) is 3.26. The van der Waals surface area contributed by atoms with Gasteiger partial charge >= 0.3 is 0 Å². The Bertz CT molecular complexity index is 723. The van der Waals surface area contributed by atoms with Crippen molar-refractivity contribution < 1.29 is 4.39 Å². The number of nitrogens with zero attached hydrogens (tertiary/aromatic N) is 2. The van der Waals surface area contributed by atoms with Crippen LogP contribution >= 0.6 is 15.9 Å². The first kappa shape index (κ1) is 14.3. The van der Waals surface area contributed by atoms with E-state index in [1.54, 1.807) is 13.2 Å². The molecule has 1 saturated carbocycles. The summed E-state index contributed by atoms with van der Waals surface area (Å²) in [6.45, 7) is 0.700. The van der Waals surface area contributed by atoms with Crippen molar-refractivity contribution in [2.75, 3.05) is 11.9 Å². The van der Waals surface area contributed by atoms with Crippen LogP contribution in [-0.4, -0.2) is 16.3 Å². The second-order valence-corrected chi connectivity index (χ2v) is 6.23. The van der Waals surface area contributed by atoms with E-state index in [0.29, 0.717) is 16.7 Å². The highest BCUT2D eigenvalue weighted by Crippen LogP contribution is 2.48. The number of halogens is 2. The summed E-state index contributed by atoms with van der Waals surface area (Å²) in [5.41, 5.74) is 1.68. The lowest BCUT2D eigenvalue weighted by molar-refractivity contribution is 0.624. The van der Waals surface area contributed by atoms with E-state index >= 15 is 0 Å². The van der Waals surface area contributed by atoms with Crippen molar-refractivity contribution in [1.29, 1.82) is 0 Å². The summed E-state index contributed by atoms with van der Waals surface area (Å²) in [6.07, 6.45) is 3.75. The minimum atomic E-state index is -0.221. The fourth-order valence-electron chi connectivity index (χ4n) is 2.42. The van der Waals surface area contributed by atoms with Crippen molar-refractivity contribution in [1.82, 2.24) is 9.78 Å². The van der Waals surface area contributed by atoms with Crippen molar-refractivity contribution in [2.45, 2.75) is 18.3 Å². The maximum atomic E-state index is 13.0. The molecule has 1 fully saturated rings. The van der Waals surface area contributed by atoms with Crippen LogP contribution in [0.4, 0.5) is 10.1 Å². The van der Waals surface area contributed by atoms with Crippen LogP contribution in [0.5, 0.6) is 0 Å². The van der Waals surface area contributed by atoms with Crippen LogP contribution in [0, 0.1) is 5.82 Å². The van der Waals surface area contributed by atoms with Gasteiger partial charge in [-0.2, -0.15) is 5.10 Å². The van der Waals surface area contributed by atoms with E-state index < -0.39 is 0 Å². The molecule has 0 spiro atoms. The first-order chi connectivity index (χ1) is 10.0. The lowest BCUT2D eigenvalue weighted by Gasteiger charge is -2.18. The average molecular weight is 352 g/mol. The molecule has 2 aromatic rings. The van der Waals surface area contributed by atoms with E-state index in [9.17, 15) is 9.18 Å². The van der Waals surface area contributed by atoms with Gasteiger partial charge in [-0.05, 0) is 46.5 Å². The molecule has 3 rings (SSSR count). The van der Waals surface area contributed by atoms with Gasteiger partial charge in [-0.25, -0.2) is 9.07 Å². The number of aryl methyl sites for hydroxylation is 1. The molecule has 21 heavy (non-hydrogen) atoms. The maximum absolute atomic E-state index is 13.0. The molecule has 1 aromatic heterocycles. The van der Waals surface area contributed by atoms with Gasteiger partial charge in [0.05, 0.1) is 11.9 Å². The third-order valence-electron chi connectivity index (χ3n) is 4.01. The molecule has 0 unspecified atom stereocenters. The predicted octanol–water partition coefficient (Wildman–Crippen LogP) is 2.83. The molecular weight excluding hydrogens is 337 g/mol. The molecule has 0 radical (unpaired) electrons. The Morgan fingerprint density at radius 2 is 2.05 bits per heavy atom. The normalized spacial score (nSPS) is 15.8. The number of aromatic nitrogens is 2. The van der Waals surface area contributed by atoms with Gasteiger partial charge in [0, 0.05) is 19.0 Å². The highest BCUT2D eigenvalue weighted by atomic mass is 79.9. The first-order valence-electron chi connectivity index (χ1n) is 6.74. The molecule has 1 N–H and O–H groups in total. The molecule has 1 aliphatic carbocycles. The Labute approximate surface area is 130 Å². The summed E-state index contributed by atoms with van der Waals surface area (Å²) in [6, 6.07) is 6.65. The van der Waals surface area contributed by atoms with Gasteiger partial charge in [0.1, 0.15) is 10.3 Å². The molecule has 0 amide bonds. The van der Waals surface area contributed by atoms with E-state index in [2.05, 4.69) is 26.3 Å². The van der Waals surface area contributed by atoms with Gasteiger partial charge in [-0.3, -0.25) is 4.79 Å². The van der Waals surface area contributed by atoms with Crippen molar-refractivity contribution in [3.05, 3.63) is 56.7 Å². The molecule has 0 atom stereocenters. The number of hydrogen-bond acceptors (Lipinski definition) is 3. The van der Waals surface area contributed by atoms with Crippen LogP contribution in [0.3, 0.4) is 0 Å². The molecule has 1 aliphatic rings. The van der Waals surface area contributed by atoms with E-state index in [1.807, 2.05) is 12.1 Å². The Morgan fingerprint density at radius 3 is 2.67 bits per heavy atom. The number of hydrogen-bond donors (Lipinski definition) is 1. The quantitative estimate of drug-likeness (QED) is 0.921. The zero-order chi connectivity index (χ0) is 15.0. The van der Waals surface area contributed by atoms with Crippen molar-refractivity contribution in [3.63, 3.8) is 0 Å². The summed E-state index contributed by atoms with van der Waals surface area (Å²) >= 11 is 3.30. The largest absolute Gasteiger partial charge is 0.382 e. The topological polar surface area (TPSA) is 46.9 Å². The standard InChI is InChI=1S/C15H15BrFN3O/c1-20-14(21)13(16)12(8-19-20)18-9-15(6-7-15)10-2-4-11(17)5-3-10/h2-5,8,18H,6-7,9H2,1H3. The number of anilines is 1. The van der Waals surface area contributed by atoms with Gasteiger partial charge in [0.15, 0.2) is 0 Å². The molecule has 0 saturated heterocycles. The molecule has 110 valence electrons. The van der Waals surface area contributed by atoms with Crippen molar-refractivity contribution >= 4 is 21.6 Å². The van der Waals surface area contributed by atoms with Gasteiger partial charge in [-0.1, -0.05) is 12.1 Å². The van der Waals surface area contributed by atoms with Gasteiger partial charge < -0.3 is 5.32 Å². The summed E-state index contributed by atoms with van der Waals surface area (Å²) < 4.78 is 14.8.